The molecule has 15 heteroatoms. The molecule has 5 aromatic rings. The van der Waals surface area contributed by atoms with E-state index in [1.54, 1.807) is 6.07 Å². The van der Waals surface area contributed by atoms with Crippen molar-refractivity contribution in [1.29, 1.82) is 0 Å². The minimum Gasteiger partial charge on any atom is -0.503 e. The van der Waals surface area contributed by atoms with Crippen molar-refractivity contribution in [1.82, 2.24) is 35.1 Å². The number of carbonyl (C=O) groups is 4. The highest BCUT2D eigenvalue weighted by atomic mass is 19.1. The van der Waals surface area contributed by atoms with Crippen LogP contribution in [0.3, 0.4) is 0 Å². The molecule has 1 saturated carbocycles. The van der Waals surface area contributed by atoms with Crippen LogP contribution >= 0.6 is 0 Å². The van der Waals surface area contributed by atoms with Crippen LogP contribution in [-0.2, 0) is 11.3 Å². The molecule has 0 bridgehead atoms. The van der Waals surface area contributed by atoms with Gasteiger partial charge in [-0.3, -0.25) is 34.0 Å². The Morgan fingerprint density at radius 1 is 0.881 bits per heavy atom. The number of hydrogen-bond donors (Lipinski definition) is 3. The van der Waals surface area contributed by atoms with Crippen molar-refractivity contribution in [3.8, 4) is 16.9 Å². The van der Waals surface area contributed by atoms with Crippen molar-refractivity contribution >= 4 is 40.3 Å². The number of nitrogens with zero attached hydrogens (tertiary/aromatic N) is 6. The number of fused-ring (bicyclic) bond motifs is 1. The first-order chi connectivity index (χ1) is 28.5. The number of hydrogen-bond acceptors (Lipinski definition) is 7. The number of benzene rings is 3. The number of nitrogens with one attached hydrogen (secondary N) is 2. The first kappa shape index (κ1) is 39.7. The zero-order valence-electron chi connectivity index (χ0n) is 33.0. The first-order valence-corrected chi connectivity index (χ1v) is 20.5. The summed E-state index contributed by atoms with van der Waals surface area (Å²) in [7, 11) is 0. The molecule has 3 aromatic carbocycles. The van der Waals surface area contributed by atoms with Gasteiger partial charge in [0.05, 0.1) is 17.8 Å². The fourth-order valence-corrected chi connectivity index (χ4v) is 8.66. The van der Waals surface area contributed by atoms with Crippen molar-refractivity contribution in [3.63, 3.8) is 0 Å². The van der Waals surface area contributed by atoms with Crippen molar-refractivity contribution in [2.75, 3.05) is 31.1 Å². The van der Waals surface area contributed by atoms with Gasteiger partial charge in [-0.25, -0.2) is 13.6 Å². The van der Waals surface area contributed by atoms with Gasteiger partial charge in [0.2, 0.25) is 5.91 Å². The van der Waals surface area contributed by atoms with Gasteiger partial charge in [-0.15, -0.1) is 0 Å². The molecule has 5 amide bonds. The average molecular weight is 807 g/mol. The van der Waals surface area contributed by atoms with Crippen LogP contribution in [0.25, 0.3) is 22.0 Å². The van der Waals surface area contributed by atoms with Gasteiger partial charge in [-0.05, 0) is 112 Å². The van der Waals surface area contributed by atoms with Gasteiger partial charge < -0.3 is 15.3 Å². The van der Waals surface area contributed by atoms with Crippen LogP contribution in [0.2, 0.25) is 0 Å². The van der Waals surface area contributed by atoms with E-state index in [1.165, 1.54) is 4.90 Å². The second-order valence-corrected chi connectivity index (χ2v) is 16.2. The Kier molecular flexibility index (Phi) is 11.4. The predicted octanol–water partition coefficient (Wildman–Crippen LogP) is 7.13. The van der Waals surface area contributed by atoms with Gasteiger partial charge in [-0.2, -0.15) is 10.2 Å². The molecule has 4 heterocycles. The normalized spacial score (nSPS) is 19.0. The second kappa shape index (κ2) is 17.0. The van der Waals surface area contributed by atoms with Crippen LogP contribution in [0.5, 0.6) is 5.75 Å². The van der Waals surface area contributed by atoms with Gasteiger partial charge in [0.25, 0.3) is 11.8 Å². The third-order valence-corrected chi connectivity index (χ3v) is 12.2. The molecule has 0 spiro atoms. The molecule has 3 aliphatic rings. The molecular formula is C44H48F2N8O5. The molecule has 0 unspecified atom stereocenters. The van der Waals surface area contributed by atoms with Crippen molar-refractivity contribution in [3.05, 3.63) is 95.4 Å². The van der Waals surface area contributed by atoms with Gasteiger partial charge in [0, 0.05) is 79.3 Å². The van der Waals surface area contributed by atoms with E-state index in [1.807, 2.05) is 34.8 Å². The van der Waals surface area contributed by atoms with Crippen LogP contribution < -0.4 is 15.5 Å². The SMILES string of the molecule is Cc1ccc(C(=O)N2CCC(CCCn3cc(-c4ccc5cn([C@H]6CC[C@H](CNC(=O)c7cc(F)c(O)c(F)c7)CC6)nc5c4)cn3)CC2)cc1N1CCC(=O)NC1=O. The predicted molar refractivity (Wildman–Crippen MR) is 217 cm³/mol. The van der Waals surface area contributed by atoms with E-state index >= 15 is 0 Å². The molecule has 1 aliphatic carbocycles. The number of rotatable bonds is 11. The summed E-state index contributed by atoms with van der Waals surface area (Å²) < 4.78 is 31.4. The van der Waals surface area contributed by atoms with Crippen molar-refractivity contribution in [2.45, 2.75) is 77.3 Å². The summed E-state index contributed by atoms with van der Waals surface area (Å²) in [6.45, 7) is 4.77. The van der Waals surface area contributed by atoms with Gasteiger partial charge >= 0.3 is 6.03 Å². The van der Waals surface area contributed by atoms with Crippen molar-refractivity contribution < 1.29 is 33.1 Å². The van der Waals surface area contributed by atoms with Crippen LogP contribution in [-0.4, -0.2) is 79.5 Å². The van der Waals surface area contributed by atoms with Gasteiger partial charge in [0.15, 0.2) is 17.4 Å². The minimum atomic E-state index is -1.16. The molecule has 0 radical (unpaired) electrons. The highest BCUT2D eigenvalue weighted by Gasteiger charge is 2.29. The summed E-state index contributed by atoms with van der Waals surface area (Å²) >= 11 is 0. The molecule has 13 nitrogen and oxygen atoms in total. The molecule has 59 heavy (non-hydrogen) atoms. The number of phenolic OH excluding ortho intramolecular Hbond substituents is 1. The number of piperidine rings is 1. The summed E-state index contributed by atoms with van der Waals surface area (Å²) in [6.07, 6.45) is 13.8. The lowest BCUT2D eigenvalue weighted by Gasteiger charge is -2.33. The molecule has 3 fully saturated rings. The third-order valence-electron chi connectivity index (χ3n) is 12.2. The number of aryl methyl sites for hydroxylation is 2. The van der Waals surface area contributed by atoms with E-state index in [4.69, 9.17) is 5.10 Å². The summed E-state index contributed by atoms with van der Waals surface area (Å²) in [5.41, 5.74) is 4.90. The zero-order chi connectivity index (χ0) is 41.2. The summed E-state index contributed by atoms with van der Waals surface area (Å²) in [5, 5.41) is 25.1. The molecule has 2 aromatic heterocycles. The number of imide groups is 1. The monoisotopic (exact) mass is 806 g/mol. The number of amides is 5. The highest BCUT2D eigenvalue weighted by molar-refractivity contribution is 6.06. The highest BCUT2D eigenvalue weighted by Crippen LogP contribution is 2.34. The smallest absolute Gasteiger partial charge is 0.328 e. The lowest BCUT2D eigenvalue weighted by molar-refractivity contribution is -0.120. The van der Waals surface area contributed by atoms with E-state index in [9.17, 15) is 33.1 Å². The molecule has 308 valence electrons. The Bertz CT molecular complexity index is 2370. The fraction of sp³-hybridized carbons (Fsp3) is 0.409. The number of urea groups is 1. The topological polar surface area (TPSA) is 155 Å². The Morgan fingerprint density at radius 2 is 1.64 bits per heavy atom. The van der Waals surface area contributed by atoms with E-state index in [2.05, 4.69) is 51.0 Å². The molecule has 3 N–H and O–H groups in total. The van der Waals surface area contributed by atoms with E-state index < -0.39 is 29.3 Å². The van der Waals surface area contributed by atoms with E-state index in [0.717, 1.165) is 97.6 Å². The molecule has 2 saturated heterocycles. The third kappa shape index (κ3) is 8.83. The maximum absolute atomic E-state index is 13.7. The fourth-order valence-electron chi connectivity index (χ4n) is 8.66. The number of aromatic nitrogens is 4. The first-order valence-electron chi connectivity index (χ1n) is 20.5. The Labute approximate surface area is 340 Å². The van der Waals surface area contributed by atoms with Crippen LogP contribution in [0.1, 0.15) is 90.1 Å². The minimum absolute atomic E-state index is 0.0377. The van der Waals surface area contributed by atoms with Crippen LogP contribution in [0.4, 0.5) is 19.3 Å². The van der Waals surface area contributed by atoms with Crippen molar-refractivity contribution in [2.24, 2.45) is 11.8 Å². The Hall–Kier alpha value is -6.12. The quantitative estimate of drug-likeness (QED) is 0.128. The number of carbonyl (C=O) groups excluding carboxylic acids is 4. The largest absolute Gasteiger partial charge is 0.503 e. The standard InChI is InChI=1S/C44H48F2N8O5/c1-27-4-7-31(22-39(27)53-18-14-40(55)49-44(53)59)43(58)51-16-12-28(13-17-51)3-2-15-52-25-34(24-48-52)30-8-9-32-26-54(50-38(32)21-30)35-10-5-29(6-11-35)23-47-42(57)33-19-36(45)41(56)37(46)20-33/h4,7-9,19-22,24-26,28-29,35,56H,2-3,5-6,10-18,23H2,1H3,(H,47,57)(H,49,55,59)/t29-,35-. The molecule has 0 atom stereocenters. The lowest BCUT2D eigenvalue weighted by Crippen LogP contribution is -2.49. The number of phenols is 1. The number of anilines is 1. The summed E-state index contributed by atoms with van der Waals surface area (Å²) in [4.78, 5) is 53.4. The molecule has 2 aliphatic heterocycles. The number of aromatic hydroxyl groups is 1. The van der Waals surface area contributed by atoms with Crippen LogP contribution in [0.15, 0.2) is 67.1 Å². The Balaban J connectivity index is 0.780. The maximum Gasteiger partial charge on any atom is 0.328 e. The van der Waals surface area contributed by atoms with E-state index in [0.29, 0.717) is 36.8 Å². The van der Waals surface area contributed by atoms with Crippen LogP contribution in [0, 0.1) is 30.4 Å². The Morgan fingerprint density at radius 3 is 2.39 bits per heavy atom. The summed E-state index contributed by atoms with van der Waals surface area (Å²) in [6, 6.07) is 13.2. The van der Waals surface area contributed by atoms with E-state index in [-0.39, 0.29) is 42.3 Å². The lowest BCUT2D eigenvalue weighted by atomic mass is 9.86. The number of halogens is 2. The second-order valence-electron chi connectivity index (χ2n) is 16.2. The zero-order valence-corrected chi connectivity index (χ0v) is 33.0. The van der Waals surface area contributed by atoms with Gasteiger partial charge in [0.1, 0.15) is 0 Å². The molecular weight excluding hydrogens is 759 g/mol. The summed E-state index contributed by atoms with van der Waals surface area (Å²) in [5.74, 6) is -3.55. The maximum atomic E-state index is 13.7. The molecule has 8 rings (SSSR count). The average Bonchev–Trinajstić information content (AvgIpc) is 3.90. The number of likely N-dealkylation sites (tertiary alicyclic amines) is 1. The van der Waals surface area contributed by atoms with Gasteiger partial charge in [-0.1, -0.05) is 18.2 Å².